The number of carbonyl (C=O) groups is 2. The van der Waals surface area contributed by atoms with E-state index in [4.69, 9.17) is 21.1 Å². The Morgan fingerprint density at radius 1 is 0.714 bits per heavy atom. The summed E-state index contributed by atoms with van der Waals surface area (Å²) in [5, 5.41) is 5.47. The van der Waals surface area contributed by atoms with Crippen LogP contribution in [-0.4, -0.2) is 36.3 Å². The molecule has 5 nitrogen and oxygen atoms in total. The summed E-state index contributed by atoms with van der Waals surface area (Å²) < 4.78 is 12.9. The Labute approximate surface area is 293 Å². The molecule has 0 atom stereocenters. The lowest BCUT2D eigenvalue weighted by molar-refractivity contribution is -0.142. The first-order valence-corrected chi connectivity index (χ1v) is 19.0. The van der Waals surface area contributed by atoms with E-state index >= 15 is 0 Å². The van der Waals surface area contributed by atoms with Gasteiger partial charge in [0.25, 0.3) is 5.91 Å². The van der Waals surface area contributed by atoms with Crippen LogP contribution < -0.4 is 20.7 Å². The van der Waals surface area contributed by atoms with Crippen LogP contribution in [0.15, 0.2) is 133 Å². The number of aromatic nitrogens is 1. The molecule has 0 aliphatic carbocycles. The van der Waals surface area contributed by atoms with Crippen LogP contribution in [0.4, 0.5) is 0 Å². The van der Waals surface area contributed by atoms with E-state index in [1.165, 1.54) is 15.9 Å². The molecule has 0 aliphatic rings. The first-order chi connectivity index (χ1) is 23.9. The van der Waals surface area contributed by atoms with Crippen molar-refractivity contribution in [2.75, 3.05) is 19.9 Å². The van der Waals surface area contributed by atoms with Gasteiger partial charge < -0.3 is 9.47 Å². The number of ether oxygens (including phenoxy) is 2. The maximum absolute atomic E-state index is 13.6. The maximum Gasteiger partial charge on any atom is 0.310 e. The fraction of sp³-hybridized carbons (Fsp3) is 0.190. The van der Waals surface area contributed by atoms with E-state index in [9.17, 15) is 9.59 Å². The minimum absolute atomic E-state index is 0.0566. The van der Waals surface area contributed by atoms with Gasteiger partial charge in [0.15, 0.2) is 0 Å². The number of benzene rings is 5. The number of carbonyl (C=O) groups excluding carboxylic acids is 2. The minimum Gasteiger partial charge on any atom is -0.497 e. The number of halogens is 1. The van der Waals surface area contributed by atoms with Gasteiger partial charge in [-0.25, -0.2) is 0 Å². The number of fused-ring (bicyclic) bond motifs is 1. The zero-order chi connectivity index (χ0) is 34.2. The van der Waals surface area contributed by atoms with Gasteiger partial charge in [0.2, 0.25) is 0 Å². The summed E-state index contributed by atoms with van der Waals surface area (Å²) in [7, 11) is -0.287. The third-order valence-electron chi connectivity index (χ3n) is 9.15. The summed E-state index contributed by atoms with van der Waals surface area (Å²) in [6.45, 7) is 2.21. The minimum atomic E-state index is -1.89. The van der Waals surface area contributed by atoms with Crippen molar-refractivity contribution in [2.45, 2.75) is 32.6 Å². The van der Waals surface area contributed by atoms with Crippen molar-refractivity contribution in [2.24, 2.45) is 0 Å². The molecule has 0 unspecified atom stereocenters. The summed E-state index contributed by atoms with van der Waals surface area (Å²) in [5.74, 6) is 0.145. The van der Waals surface area contributed by atoms with Crippen LogP contribution in [0.3, 0.4) is 0 Å². The molecule has 7 heteroatoms. The van der Waals surface area contributed by atoms with Gasteiger partial charge in [-0.2, -0.15) is 0 Å². The molecule has 6 rings (SSSR count). The zero-order valence-corrected chi connectivity index (χ0v) is 29.5. The predicted molar refractivity (Wildman–Crippen MR) is 203 cm³/mol. The van der Waals surface area contributed by atoms with Crippen molar-refractivity contribution in [1.82, 2.24) is 4.57 Å². The Hall–Kier alpha value is -4.70. The third-order valence-corrected chi connectivity index (χ3v) is 13.9. The highest BCUT2D eigenvalue weighted by Gasteiger charge is 2.44. The van der Waals surface area contributed by atoms with Crippen molar-refractivity contribution in [3.05, 3.63) is 155 Å². The molecule has 0 bridgehead atoms. The summed E-state index contributed by atoms with van der Waals surface area (Å²) in [5.41, 5.74) is 2.67. The molecule has 0 aliphatic heterocycles. The maximum atomic E-state index is 13.6. The quantitative estimate of drug-likeness (QED) is 0.0693. The number of unbranched alkanes of at least 4 members (excludes halogenated alkanes) is 2. The standard InChI is InChI=1S/C42H40ClNO4P/c1-31-38(39-29-34(47-2)25-26-40(39)44(31)42(46)32-21-23-33(43)24-22-32)30-41(45)48-27-13-6-14-28-49(35-15-7-3-8-16-35,36-17-9-4-10-18-36)37-19-11-5-12-20-37/h3-5,7-12,15-26,29H,6,13-14,27-28,30H2,1-2H3/q+1. The zero-order valence-electron chi connectivity index (χ0n) is 27.8. The number of rotatable bonds is 13. The van der Waals surface area contributed by atoms with E-state index in [0.717, 1.165) is 36.4 Å². The molecule has 248 valence electrons. The summed E-state index contributed by atoms with van der Waals surface area (Å²) in [4.78, 5) is 26.9. The second-order valence-electron chi connectivity index (χ2n) is 12.1. The Kier molecular flexibility index (Phi) is 10.9. The fourth-order valence-corrected chi connectivity index (χ4v) is 11.2. The lowest BCUT2D eigenvalue weighted by Gasteiger charge is -2.27. The summed E-state index contributed by atoms with van der Waals surface area (Å²) >= 11 is 6.07. The van der Waals surface area contributed by atoms with Crippen LogP contribution >= 0.6 is 18.9 Å². The van der Waals surface area contributed by atoms with Gasteiger partial charge in [0.1, 0.15) is 28.9 Å². The number of methoxy groups -OCH3 is 1. The number of esters is 1. The van der Waals surface area contributed by atoms with E-state index in [1.54, 1.807) is 35.9 Å². The van der Waals surface area contributed by atoms with Crippen LogP contribution in [0.1, 0.15) is 40.9 Å². The predicted octanol–water partition coefficient (Wildman–Crippen LogP) is 8.55. The van der Waals surface area contributed by atoms with Crippen molar-refractivity contribution < 1.29 is 19.1 Å². The van der Waals surface area contributed by atoms with Crippen LogP contribution in [0.5, 0.6) is 5.75 Å². The highest BCUT2D eigenvalue weighted by molar-refractivity contribution is 7.95. The van der Waals surface area contributed by atoms with E-state index in [-0.39, 0.29) is 18.3 Å². The fourth-order valence-electron chi connectivity index (χ4n) is 6.69. The van der Waals surface area contributed by atoms with Gasteiger partial charge in [-0.05, 0) is 111 Å². The second-order valence-corrected chi connectivity index (χ2v) is 16.1. The monoisotopic (exact) mass is 688 g/mol. The Balaban J connectivity index is 1.14. The van der Waals surface area contributed by atoms with E-state index < -0.39 is 7.26 Å². The Bertz CT molecular complexity index is 1930. The normalized spacial score (nSPS) is 11.4. The first-order valence-electron chi connectivity index (χ1n) is 16.6. The van der Waals surface area contributed by atoms with Crippen LogP contribution in [0.25, 0.3) is 10.9 Å². The third kappa shape index (κ3) is 7.34. The van der Waals surface area contributed by atoms with Gasteiger partial charge in [0.05, 0.1) is 31.8 Å². The lowest BCUT2D eigenvalue weighted by Crippen LogP contribution is -2.33. The molecule has 0 saturated heterocycles. The van der Waals surface area contributed by atoms with Crippen LogP contribution in [-0.2, 0) is 16.0 Å². The largest absolute Gasteiger partial charge is 0.497 e. The van der Waals surface area contributed by atoms with E-state index in [1.807, 2.05) is 25.1 Å². The smallest absolute Gasteiger partial charge is 0.310 e. The highest BCUT2D eigenvalue weighted by Crippen LogP contribution is 2.56. The molecular weight excluding hydrogens is 649 g/mol. The molecule has 0 radical (unpaired) electrons. The number of hydrogen-bond donors (Lipinski definition) is 0. The van der Waals surface area contributed by atoms with Crippen molar-refractivity contribution in [1.29, 1.82) is 0 Å². The molecule has 0 amide bonds. The topological polar surface area (TPSA) is 57.5 Å². The molecule has 1 aromatic heterocycles. The molecular formula is C42H40ClNO4P+. The van der Waals surface area contributed by atoms with Gasteiger partial charge in [-0.15, -0.1) is 0 Å². The molecule has 0 saturated carbocycles. The van der Waals surface area contributed by atoms with Crippen molar-refractivity contribution in [3.8, 4) is 5.75 Å². The molecule has 0 N–H and O–H groups in total. The van der Waals surface area contributed by atoms with E-state index in [2.05, 4.69) is 91.0 Å². The Morgan fingerprint density at radius 3 is 1.84 bits per heavy atom. The van der Waals surface area contributed by atoms with Gasteiger partial charge in [-0.1, -0.05) is 66.2 Å². The molecule has 0 fully saturated rings. The van der Waals surface area contributed by atoms with Gasteiger partial charge >= 0.3 is 5.97 Å². The lowest BCUT2D eigenvalue weighted by atomic mass is 10.1. The second kappa shape index (κ2) is 15.7. The molecule has 0 spiro atoms. The molecule has 49 heavy (non-hydrogen) atoms. The molecule has 5 aromatic carbocycles. The van der Waals surface area contributed by atoms with Crippen LogP contribution in [0.2, 0.25) is 5.02 Å². The average molecular weight is 689 g/mol. The SMILES string of the molecule is COc1ccc2c(c1)c(CC(=O)OCCCCC[P+](c1ccccc1)(c1ccccc1)c1ccccc1)c(C)n2C(=O)c1ccc(Cl)cc1. The first kappa shape index (κ1) is 34.2. The Morgan fingerprint density at radius 2 is 1.29 bits per heavy atom. The van der Waals surface area contributed by atoms with Gasteiger partial charge in [0, 0.05) is 21.7 Å². The number of nitrogens with zero attached hydrogens (tertiary/aromatic N) is 1. The van der Waals surface area contributed by atoms with Gasteiger partial charge in [-0.3, -0.25) is 14.2 Å². The molecule has 6 aromatic rings. The van der Waals surface area contributed by atoms with E-state index in [0.29, 0.717) is 34.2 Å². The summed E-state index contributed by atoms with van der Waals surface area (Å²) in [6, 6.07) is 45.0. The molecule has 1 heterocycles. The van der Waals surface area contributed by atoms with Crippen molar-refractivity contribution in [3.63, 3.8) is 0 Å². The summed E-state index contributed by atoms with van der Waals surface area (Å²) in [6.07, 6.45) is 3.80. The van der Waals surface area contributed by atoms with Crippen LogP contribution in [0, 0.1) is 6.92 Å². The number of hydrogen-bond acceptors (Lipinski definition) is 4. The highest BCUT2D eigenvalue weighted by atomic mass is 35.5. The van der Waals surface area contributed by atoms with Crippen molar-refractivity contribution >= 4 is 57.6 Å². The average Bonchev–Trinajstić information content (AvgIpc) is 3.42.